The molecule has 1 amide bonds. The molecule has 3 rings (SSSR count). The molecule has 1 aliphatic carbocycles. The van der Waals surface area contributed by atoms with Gasteiger partial charge in [0.15, 0.2) is 5.65 Å². The van der Waals surface area contributed by atoms with Crippen LogP contribution in [0.2, 0.25) is 0 Å². The molecule has 2 aromatic rings. The number of hydrogen-bond donors (Lipinski definition) is 2. The lowest BCUT2D eigenvalue weighted by Crippen LogP contribution is -2.41. The second-order valence-electron chi connectivity index (χ2n) is 6.44. The third kappa shape index (κ3) is 3.67. The fourth-order valence-electron chi connectivity index (χ4n) is 3.39. The van der Waals surface area contributed by atoms with Gasteiger partial charge in [0.2, 0.25) is 5.91 Å². The Morgan fingerprint density at radius 1 is 1.29 bits per heavy atom. The molecule has 0 bridgehead atoms. The number of carbonyl (C=O) groups is 1. The standard InChI is InChI=1S/C17H24N4O3/c22-12-13-6-2-1-3-7-14(13)18-16(23)9-11-21-17(24)20-10-5-4-8-15(20)19-21/h4-5,8,10,13-14,22H,1-3,6-7,9,11-12H2,(H,18,23). The van der Waals surface area contributed by atoms with Crippen molar-refractivity contribution >= 4 is 11.6 Å². The minimum absolute atomic E-state index is 0.0304. The Hall–Kier alpha value is -2.15. The second kappa shape index (κ2) is 7.61. The molecule has 0 aromatic carbocycles. The first-order chi connectivity index (χ1) is 11.7. The Labute approximate surface area is 140 Å². The molecular weight excluding hydrogens is 308 g/mol. The summed E-state index contributed by atoms with van der Waals surface area (Å²) in [5.41, 5.74) is 0.341. The number of aromatic nitrogens is 3. The van der Waals surface area contributed by atoms with E-state index in [-0.39, 0.29) is 43.1 Å². The molecule has 1 saturated carbocycles. The van der Waals surface area contributed by atoms with E-state index in [9.17, 15) is 14.7 Å². The van der Waals surface area contributed by atoms with Crippen LogP contribution in [0.4, 0.5) is 0 Å². The minimum atomic E-state index is -0.235. The van der Waals surface area contributed by atoms with Crippen molar-refractivity contribution in [3.8, 4) is 0 Å². The number of rotatable bonds is 5. The van der Waals surface area contributed by atoms with E-state index in [0.717, 1.165) is 32.1 Å². The maximum absolute atomic E-state index is 12.2. The molecule has 2 heterocycles. The predicted molar refractivity (Wildman–Crippen MR) is 89.7 cm³/mol. The fraction of sp³-hybridized carbons (Fsp3) is 0.588. The van der Waals surface area contributed by atoms with Gasteiger partial charge in [-0.1, -0.05) is 25.3 Å². The monoisotopic (exact) mass is 332 g/mol. The van der Waals surface area contributed by atoms with Crippen LogP contribution in [0.3, 0.4) is 0 Å². The highest BCUT2D eigenvalue weighted by Gasteiger charge is 2.24. The van der Waals surface area contributed by atoms with Crippen molar-refractivity contribution in [2.45, 2.75) is 51.1 Å². The largest absolute Gasteiger partial charge is 0.396 e. The van der Waals surface area contributed by atoms with Crippen LogP contribution < -0.4 is 11.0 Å². The van der Waals surface area contributed by atoms with E-state index in [4.69, 9.17) is 0 Å². The predicted octanol–water partition coefficient (Wildman–Crippen LogP) is 0.943. The lowest BCUT2D eigenvalue weighted by atomic mass is 9.95. The van der Waals surface area contributed by atoms with Gasteiger partial charge in [-0.2, -0.15) is 0 Å². The summed E-state index contributed by atoms with van der Waals surface area (Å²) in [7, 11) is 0. The fourth-order valence-corrected chi connectivity index (χ4v) is 3.39. The third-order valence-electron chi connectivity index (χ3n) is 4.78. The van der Waals surface area contributed by atoms with Crippen molar-refractivity contribution in [2.24, 2.45) is 5.92 Å². The van der Waals surface area contributed by atoms with Crippen LogP contribution in [-0.4, -0.2) is 37.8 Å². The van der Waals surface area contributed by atoms with Crippen LogP contribution in [0.1, 0.15) is 38.5 Å². The van der Waals surface area contributed by atoms with Gasteiger partial charge in [-0.25, -0.2) is 9.48 Å². The van der Waals surface area contributed by atoms with Crippen molar-refractivity contribution in [1.82, 2.24) is 19.5 Å². The van der Waals surface area contributed by atoms with Crippen LogP contribution in [0.5, 0.6) is 0 Å². The topological polar surface area (TPSA) is 88.6 Å². The Morgan fingerprint density at radius 3 is 2.92 bits per heavy atom. The highest BCUT2D eigenvalue weighted by atomic mass is 16.3. The molecule has 0 spiro atoms. The highest BCUT2D eigenvalue weighted by molar-refractivity contribution is 5.76. The molecule has 2 N–H and O–H groups in total. The van der Waals surface area contributed by atoms with E-state index in [1.165, 1.54) is 9.08 Å². The van der Waals surface area contributed by atoms with Crippen LogP contribution >= 0.6 is 0 Å². The van der Waals surface area contributed by atoms with E-state index in [1.807, 2.05) is 6.07 Å². The summed E-state index contributed by atoms with van der Waals surface area (Å²) >= 11 is 0. The van der Waals surface area contributed by atoms with Crippen LogP contribution in [0.15, 0.2) is 29.2 Å². The van der Waals surface area contributed by atoms with Gasteiger partial charge in [-0.15, -0.1) is 5.10 Å². The number of aliphatic hydroxyl groups is 1. The van der Waals surface area contributed by atoms with Crippen molar-refractivity contribution in [2.75, 3.05) is 6.61 Å². The van der Waals surface area contributed by atoms with Crippen molar-refractivity contribution in [3.63, 3.8) is 0 Å². The molecular formula is C17H24N4O3. The zero-order valence-corrected chi connectivity index (χ0v) is 13.7. The number of amides is 1. The summed E-state index contributed by atoms with van der Waals surface area (Å²) in [6.07, 6.45) is 7.07. The number of hydrogen-bond acceptors (Lipinski definition) is 4. The van der Waals surface area contributed by atoms with Gasteiger partial charge in [-0.3, -0.25) is 9.20 Å². The summed E-state index contributed by atoms with van der Waals surface area (Å²) < 4.78 is 2.79. The lowest BCUT2D eigenvalue weighted by molar-refractivity contribution is -0.122. The Morgan fingerprint density at radius 2 is 2.12 bits per heavy atom. The third-order valence-corrected chi connectivity index (χ3v) is 4.78. The van der Waals surface area contributed by atoms with Gasteiger partial charge in [0.25, 0.3) is 0 Å². The summed E-state index contributed by atoms with van der Waals surface area (Å²) in [6, 6.07) is 5.38. The lowest BCUT2D eigenvalue weighted by Gasteiger charge is -2.24. The molecule has 24 heavy (non-hydrogen) atoms. The molecule has 0 saturated heterocycles. The zero-order valence-electron chi connectivity index (χ0n) is 13.7. The number of nitrogens with zero attached hydrogens (tertiary/aromatic N) is 3. The second-order valence-corrected chi connectivity index (χ2v) is 6.44. The first-order valence-corrected chi connectivity index (χ1v) is 8.63. The summed E-state index contributed by atoms with van der Waals surface area (Å²) in [6.45, 7) is 0.361. The minimum Gasteiger partial charge on any atom is -0.396 e. The van der Waals surface area contributed by atoms with Gasteiger partial charge in [0, 0.05) is 31.2 Å². The first-order valence-electron chi connectivity index (χ1n) is 8.63. The van der Waals surface area contributed by atoms with Crippen molar-refractivity contribution in [1.29, 1.82) is 0 Å². The van der Waals surface area contributed by atoms with Gasteiger partial charge in [0.05, 0.1) is 6.54 Å². The van der Waals surface area contributed by atoms with Gasteiger partial charge >= 0.3 is 5.69 Å². The Bertz CT molecular complexity index is 752. The molecule has 1 fully saturated rings. The van der Waals surface area contributed by atoms with Crippen molar-refractivity contribution < 1.29 is 9.90 Å². The smallest absolute Gasteiger partial charge is 0.350 e. The zero-order chi connectivity index (χ0) is 16.9. The summed E-state index contributed by atoms with van der Waals surface area (Å²) in [4.78, 5) is 24.4. The first kappa shape index (κ1) is 16.7. The normalized spacial score (nSPS) is 21.5. The average molecular weight is 332 g/mol. The number of aryl methyl sites for hydroxylation is 1. The molecule has 130 valence electrons. The molecule has 0 aliphatic heterocycles. The summed E-state index contributed by atoms with van der Waals surface area (Å²) in [5.74, 6) is 0.0404. The number of aliphatic hydroxyl groups excluding tert-OH is 1. The molecule has 1 aliphatic rings. The van der Waals surface area contributed by atoms with E-state index < -0.39 is 0 Å². The Kier molecular flexibility index (Phi) is 5.30. The van der Waals surface area contributed by atoms with Crippen molar-refractivity contribution in [3.05, 3.63) is 34.9 Å². The maximum Gasteiger partial charge on any atom is 0.350 e. The van der Waals surface area contributed by atoms with Gasteiger partial charge in [-0.05, 0) is 25.0 Å². The maximum atomic E-state index is 12.2. The van der Waals surface area contributed by atoms with Gasteiger partial charge < -0.3 is 10.4 Å². The number of carbonyl (C=O) groups excluding carboxylic acids is 1. The molecule has 2 atom stereocenters. The average Bonchev–Trinajstić information content (AvgIpc) is 2.76. The SMILES string of the molecule is O=C(CCn1nc2ccccn2c1=O)NC1CCCCCC1CO. The Balaban J connectivity index is 1.60. The van der Waals surface area contributed by atoms with Crippen LogP contribution in [0.25, 0.3) is 5.65 Å². The van der Waals surface area contributed by atoms with Gasteiger partial charge in [0.1, 0.15) is 0 Å². The van der Waals surface area contributed by atoms with E-state index in [1.54, 1.807) is 18.3 Å². The molecule has 2 aromatic heterocycles. The quantitative estimate of drug-likeness (QED) is 0.798. The van der Waals surface area contributed by atoms with Crippen LogP contribution in [0, 0.1) is 5.92 Å². The van der Waals surface area contributed by atoms with E-state index in [2.05, 4.69) is 10.4 Å². The molecule has 0 radical (unpaired) electrons. The molecule has 2 unspecified atom stereocenters. The summed E-state index contributed by atoms with van der Waals surface area (Å²) in [5, 5.41) is 16.8. The number of fused-ring (bicyclic) bond motifs is 1. The molecule has 7 nitrogen and oxygen atoms in total. The number of pyridine rings is 1. The number of nitrogens with one attached hydrogen (secondary N) is 1. The highest BCUT2D eigenvalue weighted by Crippen LogP contribution is 2.23. The van der Waals surface area contributed by atoms with E-state index >= 15 is 0 Å². The van der Waals surface area contributed by atoms with Crippen LogP contribution in [-0.2, 0) is 11.3 Å². The molecule has 7 heteroatoms. The van der Waals surface area contributed by atoms with E-state index in [0.29, 0.717) is 5.65 Å².